The quantitative estimate of drug-likeness (QED) is 0.888. The van der Waals surface area contributed by atoms with Crippen LogP contribution in [0.4, 0.5) is 0 Å². The summed E-state index contributed by atoms with van der Waals surface area (Å²) in [5.41, 5.74) is 4.40. The van der Waals surface area contributed by atoms with Crippen LogP contribution in [0.5, 0.6) is 0 Å². The monoisotopic (exact) mass is 238 g/mol. The van der Waals surface area contributed by atoms with Gasteiger partial charge in [-0.25, -0.2) is 4.98 Å². The lowest BCUT2D eigenvalue weighted by Crippen LogP contribution is -2.17. The SMILES string of the molecule is CNC(c1sccc1C)c1scnc1C. The molecule has 1 atom stereocenters. The Morgan fingerprint density at radius 2 is 2.07 bits per heavy atom. The molecule has 0 aliphatic rings. The Hall–Kier alpha value is -0.710. The van der Waals surface area contributed by atoms with Crippen LogP contribution in [0.25, 0.3) is 0 Å². The van der Waals surface area contributed by atoms with Gasteiger partial charge in [0.05, 0.1) is 17.2 Å². The van der Waals surface area contributed by atoms with Gasteiger partial charge in [-0.15, -0.1) is 22.7 Å². The Labute approximate surface area is 98.0 Å². The number of aromatic nitrogens is 1. The summed E-state index contributed by atoms with van der Waals surface area (Å²) < 4.78 is 0. The van der Waals surface area contributed by atoms with Crippen LogP contribution >= 0.6 is 22.7 Å². The fourth-order valence-electron chi connectivity index (χ4n) is 1.65. The number of nitrogens with zero attached hydrogens (tertiary/aromatic N) is 1. The fraction of sp³-hybridized carbons (Fsp3) is 0.364. The van der Waals surface area contributed by atoms with Gasteiger partial charge >= 0.3 is 0 Å². The minimum absolute atomic E-state index is 0.303. The summed E-state index contributed by atoms with van der Waals surface area (Å²) in [5, 5.41) is 5.51. The molecule has 15 heavy (non-hydrogen) atoms. The van der Waals surface area contributed by atoms with E-state index in [4.69, 9.17) is 0 Å². The summed E-state index contributed by atoms with van der Waals surface area (Å²) >= 11 is 3.53. The van der Waals surface area contributed by atoms with Crippen LogP contribution in [0.1, 0.15) is 27.1 Å². The lowest BCUT2D eigenvalue weighted by Gasteiger charge is -2.14. The maximum Gasteiger partial charge on any atom is 0.0798 e. The van der Waals surface area contributed by atoms with E-state index < -0.39 is 0 Å². The van der Waals surface area contributed by atoms with Crippen molar-refractivity contribution in [3.05, 3.63) is 38.0 Å². The van der Waals surface area contributed by atoms with Crippen LogP contribution < -0.4 is 5.32 Å². The van der Waals surface area contributed by atoms with Crippen LogP contribution in [-0.4, -0.2) is 12.0 Å². The first-order chi connectivity index (χ1) is 7.24. The van der Waals surface area contributed by atoms with Crippen LogP contribution in [0.15, 0.2) is 17.0 Å². The molecule has 0 radical (unpaired) electrons. The molecule has 1 N–H and O–H groups in total. The second-order valence-corrected chi connectivity index (χ2v) is 5.33. The number of rotatable bonds is 3. The van der Waals surface area contributed by atoms with Crippen molar-refractivity contribution < 1.29 is 0 Å². The van der Waals surface area contributed by atoms with Gasteiger partial charge in [0.2, 0.25) is 0 Å². The second kappa shape index (κ2) is 4.43. The second-order valence-electron chi connectivity index (χ2n) is 3.49. The summed E-state index contributed by atoms with van der Waals surface area (Å²) in [6.07, 6.45) is 0. The molecule has 2 heterocycles. The van der Waals surface area contributed by atoms with Gasteiger partial charge in [0.25, 0.3) is 0 Å². The predicted octanol–water partition coefficient (Wildman–Crippen LogP) is 3.13. The molecule has 80 valence electrons. The highest BCUT2D eigenvalue weighted by Crippen LogP contribution is 2.32. The van der Waals surface area contributed by atoms with Gasteiger partial charge in [-0.3, -0.25) is 0 Å². The lowest BCUT2D eigenvalue weighted by molar-refractivity contribution is 0.706. The van der Waals surface area contributed by atoms with Crippen molar-refractivity contribution in [1.82, 2.24) is 10.3 Å². The highest BCUT2D eigenvalue weighted by Gasteiger charge is 2.19. The largest absolute Gasteiger partial charge is 0.308 e. The topological polar surface area (TPSA) is 24.9 Å². The number of aryl methyl sites for hydroxylation is 2. The van der Waals surface area contributed by atoms with Crippen molar-refractivity contribution in [3.63, 3.8) is 0 Å². The molecule has 0 amide bonds. The molecular weight excluding hydrogens is 224 g/mol. The molecule has 2 nitrogen and oxygen atoms in total. The minimum atomic E-state index is 0.303. The number of hydrogen-bond acceptors (Lipinski definition) is 4. The molecule has 0 aliphatic carbocycles. The zero-order valence-corrected chi connectivity index (χ0v) is 10.7. The molecule has 1 unspecified atom stereocenters. The van der Waals surface area contributed by atoms with Gasteiger partial charge in [0.1, 0.15) is 0 Å². The van der Waals surface area contributed by atoms with E-state index in [-0.39, 0.29) is 0 Å². The van der Waals surface area contributed by atoms with E-state index >= 15 is 0 Å². The van der Waals surface area contributed by atoms with Crippen molar-refractivity contribution in [2.45, 2.75) is 19.9 Å². The Kier molecular flexibility index (Phi) is 3.19. The Morgan fingerprint density at radius 1 is 1.27 bits per heavy atom. The molecule has 0 aliphatic heterocycles. The summed E-state index contributed by atoms with van der Waals surface area (Å²) in [6, 6.07) is 2.47. The fourth-order valence-corrected chi connectivity index (χ4v) is 3.69. The van der Waals surface area contributed by atoms with E-state index in [0.717, 1.165) is 5.69 Å². The standard InChI is InChI=1S/C11H14N2S2/c1-7-4-5-14-10(7)9(12-3)11-8(2)13-6-15-11/h4-6,9,12H,1-3H3. The number of thiophene rings is 1. The summed E-state index contributed by atoms with van der Waals surface area (Å²) in [5.74, 6) is 0. The lowest BCUT2D eigenvalue weighted by atomic mass is 10.1. The molecule has 0 saturated heterocycles. The first kappa shape index (κ1) is 10.8. The highest BCUT2D eigenvalue weighted by molar-refractivity contribution is 7.11. The third kappa shape index (κ3) is 1.97. The van der Waals surface area contributed by atoms with Crippen LogP contribution in [-0.2, 0) is 0 Å². The molecule has 0 spiro atoms. The normalized spacial score (nSPS) is 13.0. The molecule has 2 rings (SSSR count). The molecule has 0 aromatic carbocycles. The molecule has 2 aromatic heterocycles. The molecule has 2 aromatic rings. The highest BCUT2D eigenvalue weighted by atomic mass is 32.1. The molecule has 0 saturated carbocycles. The number of nitrogens with one attached hydrogen (secondary N) is 1. The molecule has 0 fully saturated rings. The van der Waals surface area contributed by atoms with E-state index in [1.54, 1.807) is 22.7 Å². The zero-order chi connectivity index (χ0) is 10.8. The Bertz CT molecular complexity index is 405. The maximum atomic E-state index is 4.31. The van der Waals surface area contributed by atoms with Gasteiger partial charge in [-0.05, 0) is 37.9 Å². The average molecular weight is 238 g/mol. The summed E-state index contributed by atoms with van der Waals surface area (Å²) in [4.78, 5) is 7.02. The van der Waals surface area contributed by atoms with Crippen LogP contribution in [0.2, 0.25) is 0 Å². The zero-order valence-electron chi connectivity index (χ0n) is 9.07. The number of thiazole rings is 1. The van der Waals surface area contributed by atoms with Gasteiger partial charge in [-0.2, -0.15) is 0 Å². The summed E-state index contributed by atoms with van der Waals surface area (Å²) in [7, 11) is 2.00. The van der Waals surface area contributed by atoms with Crippen LogP contribution in [0, 0.1) is 13.8 Å². The van der Waals surface area contributed by atoms with Crippen molar-refractivity contribution in [2.24, 2.45) is 0 Å². The third-order valence-corrected chi connectivity index (χ3v) is 4.58. The van der Waals surface area contributed by atoms with Gasteiger partial charge in [0.15, 0.2) is 0 Å². The smallest absolute Gasteiger partial charge is 0.0798 e. The molecule has 0 bridgehead atoms. The van der Waals surface area contributed by atoms with E-state index in [1.165, 1.54) is 15.3 Å². The Balaban J connectivity index is 2.41. The van der Waals surface area contributed by atoms with E-state index in [1.807, 2.05) is 12.6 Å². The van der Waals surface area contributed by atoms with E-state index in [0.29, 0.717) is 6.04 Å². The Morgan fingerprint density at radius 3 is 2.53 bits per heavy atom. The van der Waals surface area contributed by atoms with Crippen molar-refractivity contribution in [3.8, 4) is 0 Å². The maximum absolute atomic E-state index is 4.31. The first-order valence-corrected chi connectivity index (χ1v) is 6.61. The third-order valence-electron chi connectivity index (χ3n) is 2.50. The number of hydrogen-bond donors (Lipinski definition) is 1. The van der Waals surface area contributed by atoms with Crippen molar-refractivity contribution in [1.29, 1.82) is 0 Å². The average Bonchev–Trinajstić information content (AvgIpc) is 2.80. The van der Waals surface area contributed by atoms with Gasteiger partial charge in [0, 0.05) is 9.75 Å². The predicted molar refractivity (Wildman–Crippen MR) is 66.8 cm³/mol. The van der Waals surface area contributed by atoms with Gasteiger partial charge < -0.3 is 5.32 Å². The van der Waals surface area contributed by atoms with Gasteiger partial charge in [-0.1, -0.05) is 0 Å². The van der Waals surface area contributed by atoms with Crippen LogP contribution in [0.3, 0.4) is 0 Å². The van der Waals surface area contributed by atoms with E-state index in [9.17, 15) is 0 Å². The minimum Gasteiger partial charge on any atom is -0.308 e. The summed E-state index contributed by atoms with van der Waals surface area (Å²) in [6.45, 7) is 4.23. The van der Waals surface area contributed by atoms with Crippen molar-refractivity contribution in [2.75, 3.05) is 7.05 Å². The first-order valence-electron chi connectivity index (χ1n) is 4.85. The van der Waals surface area contributed by atoms with Crippen molar-refractivity contribution >= 4 is 22.7 Å². The molecule has 4 heteroatoms. The molecular formula is C11H14N2S2. The van der Waals surface area contributed by atoms with E-state index in [2.05, 4.69) is 35.6 Å².